The Kier molecular flexibility index (Phi) is 6.14. The minimum Gasteiger partial charge on any atom is -0.481 e. The van der Waals surface area contributed by atoms with Crippen LogP contribution in [-0.2, 0) is 16.1 Å². The number of carboxylic acids is 1. The van der Waals surface area contributed by atoms with Crippen molar-refractivity contribution in [1.29, 1.82) is 0 Å². The Bertz CT molecular complexity index is 613. The van der Waals surface area contributed by atoms with Crippen LogP contribution in [0.15, 0.2) is 30.3 Å². The molecule has 0 saturated carbocycles. The monoisotopic (exact) mass is 360 g/mol. The van der Waals surface area contributed by atoms with Crippen molar-refractivity contribution in [2.75, 3.05) is 26.2 Å². The van der Waals surface area contributed by atoms with Crippen LogP contribution < -0.4 is 0 Å². The summed E-state index contributed by atoms with van der Waals surface area (Å²) in [5.74, 6) is -0.643. The number of amides is 1. The Hall–Kier alpha value is -2.08. The lowest BCUT2D eigenvalue weighted by Crippen LogP contribution is -2.55. The number of carboxylic acid groups (broad SMARTS) is 1. The van der Waals surface area contributed by atoms with Gasteiger partial charge in [0.2, 0.25) is 0 Å². The SMILES string of the molecule is CC1CCN(C2CC(C(=O)O)CN(C(=O)OCc3ccccc3)C2)CC1. The lowest BCUT2D eigenvalue weighted by atomic mass is 9.90. The highest BCUT2D eigenvalue weighted by Crippen LogP contribution is 2.26. The number of likely N-dealkylation sites (tertiary alicyclic amines) is 2. The molecule has 2 unspecified atom stereocenters. The van der Waals surface area contributed by atoms with Gasteiger partial charge in [-0.2, -0.15) is 0 Å². The lowest BCUT2D eigenvalue weighted by Gasteiger charge is -2.43. The molecule has 6 heteroatoms. The zero-order chi connectivity index (χ0) is 18.5. The van der Waals surface area contributed by atoms with Crippen LogP contribution >= 0.6 is 0 Å². The predicted molar refractivity (Wildman–Crippen MR) is 97.7 cm³/mol. The maximum Gasteiger partial charge on any atom is 0.410 e. The Morgan fingerprint density at radius 2 is 1.85 bits per heavy atom. The molecule has 26 heavy (non-hydrogen) atoms. The summed E-state index contributed by atoms with van der Waals surface area (Å²) in [4.78, 5) is 28.0. The number of rotatable bonds is 4. The minimum atomic E-state index is -0.832. The molecular weight excluding hydrogens is 332 g/mol. The van der Waals surface area contributed by atoms with Gasteiger partial charge in [-0.05, 0) is 43.8 Å². The topological polar surface area (TPSA) is 70.1 Å². The number of piperidine rings is 2. The van der Waals surface area contributed by atoms with Crippen molar-refractivity contribution in [2.24, 2.45) is 11.8 Å². The van der Waals surface area contributed by atoms with Gasteiger partial charge in [-0.3, -0.25) is 9.69 Å². The van der Waals surface area contributed by atoms with Gasteiger partial charge in [-0.1, -0.05) is 37.3 Å². The van der Waals surface area contributed by atoms with Crippen LogP contribution in [0.1, 0.15) is 31.7 Å². The van der Waals surface area contributed by atoms with Crippen molar-refractivity contribution in [3.05, 3.63) is 35.9 Å². The third kappa shape index (κ3) is 4.75. The number of hydrogen-bond acceptors (Lipinski definition) is 4. The normalized spacial score (nSPS) is 25.0. The fraction of sp³-hybridized carbons (Fsp3) is 0.600. The molecular formula is C20H28N2O4. The van der Waals surface area contributed by atoms with Crippen molar-refractivity contribution >= 4 is 12.1 Å². The highest BCUT2D eigenvalue weighted by molar-refractivity contribution is 5.73. The summed E-state index contributed by atoms with van der Waals surface area (Å²) >= 11 is 0. The standard InChI is InChI=1S/C20H28N2O4/c1-15-7-9-21(10-8-15)18-11-17(19(23)24)12-22(13-18)20(25)26-14-16-5-3-2-4-6-16/h2-6,15,17-18H,7-14H2,1H3,(H,23,24). The van der Waals surface area contributed by atoms with Crippen LogP contribution in [0.2, 0.25) is 0 Å². The van der Waals surface area contributed by atoms with Gasteiger partial charge < -0.3 is 14.7 Å². The van der Waals surface area contributed by atoms with E-state index in [-0.39, 0.29) is 19.2 Å². The Morgan fingerprint density at radius 1 is 1.15 bits per heavy atom. The second-order valence-corrected chi connectivity index (χ2v) is 7.59. The van der Waals surface area contributed by atoms with Crippen LogP contribution in [0.3, 0.4) is 0 Å². The quantitative estimate of drug-likeness (QED) is 0.894. The molecule has 1 amide bonds. The van der Waals surface area contributed by atoms with Gasteiger partial charge in [0.1, 0.15) is 6.61 Å². The highest BCUT2D eigenvalue weighted by Gasteiger charge is 2.37. The van der Waals surface area contributed by atoms with E-state index in [1.807, 2.05) is 30.3 Å². The Balaban J connectivity index is 1.61. The first-order valence-electron chi connectivity index (χ1n) is 9.45. The van der Waals surface area contributed by atoms with Gasteiger partial charge in [0.05, 0.1) is 5.92 Å². The van der Waals surface area contributed by atoms with E-state index in [1.54, 1.807) is 4.90 Å². The average Bonchev–Trinajstić information content (AvgIpc) is 2.67. The van der Waals surface area contributed by atoms with E-state index in [1.165, 1.54) is 0 Å². The summed E-state index contributed by atoms with van der Waals surface area (Å²) in [6.45, 7) is 5.19. The molecule has 1 N–H and O–H groups in total. The molecule has 2 heterocycles. The summed E-state index contributed by atoms with van der Waals surface area (Å²) in [6, 6.07) is 9.62. The van der Waals surface area contributed by atoms with E-state index < -0.39 is 18.0 Å². The van der Waals surface area contributed by atoms with E-state index in [2.05, 4.69) is 11.8 Å². The van der Waals surface area contributed by atoms with E-state index in [0.29, 0.717) is 13.0 Å². The number of carbonyl (C=O) groups excluding carboxylic acids is 1. The molecule has 2 saturated heterocycles. The maximum absolute atomic E-state index is 12.5. The van der Waals surface area contributed by atoms with Crippen LogP contribution in [0.5, 0.6) is 0 Å². The molecule has 3 rings (SSSR count). The summed E-state index contributed by atoms with van der Waals surface area (Å²) in [5.41, 5.74) is 0.925. The molecule has 0 aromatic heterocycles. The van der Waals surface area contributed by atoms with Gasteiger partial charge in [-0.25, -0.2) is 4.79 Å². The number of carbonyl (C=O) groups is 2. The number of aliphatic carboxylic acids is 1. The summed E-state index contributed by atoms with van der Waals surface area (Å²) < 4.78 is 5.42. The molecule has 1 aromatic carbocycles. The first kappa shape index (κ1) is 18.7. The van der Waals surface area contributed by atoms with Crippen molar-refractivity contribution in [1.82, 2.24) is 9.80 Å². The van der Waals surface area contributed by atoms with Gasteiger partial charge in [0.15, 0.2) is 0 Å². The number of benzene rings is 1. The summed E-state index contributed by atoms with van der Waals surface area (Å²) in [7, 11) is 0. The average molecular weight is 360 g/mol. The van der Waals surface area contributed by atoms with E-state index in [0.717, 1.165) is 37.4 Å². The Labute approximate surface area is 154 Å². The molecule has 6 nitrogen and oxygen atoms in total. The van der Waals surface area contributed by atoms with Crippen molar-refractivity contribution in [3.8, 4) is 0 Å². The first-order valence-corrected chi connectivity index (χ1v) is 9.45. The zero-order valence-corrected chi connectivity index (χ0v) is 15.3. The summed E-state index contributed by atoms with van der Waals surface area (Å²) in [5, 5.41) is 9.51. The molecule has 0 aliphatic carbocycles. The van der Waals surface area contributed by atoms with Gasteiger partial charge in [-0.15, -0.1) is 0 Å². The molecule has 2 fully saturated rings. The fourth-order valence-electron chi connectivity index (χ4n) is 3.87. The van der Waals surface area contributed by atoms with Crippen molar-refractivity contribution in [3.63, 3.8) is 0 Å². The molecule has 0 spiro atoms. The van der Waals surface area contributed by atoms with Crippen LogP contribution in [0, 0.1) is 11.8 Å². The van der Waals surface area contributed by atoms with Crippen molar-refractivity contribution < 1.29 is 19.4 Å². The minimum absolute atomic E-state index is 0.0987. The first-order chi connectivity index (χ1) is 12.5. The number of hydrogen-bond donors (Lipinski definition) is 1. The van der Waals surface area contributed by atoms with E-state index >= 15 is 0 Å². The molecule has 2 aliphatic heterocycles. The molecule has 0 bridgehead atoms. The number of nitrogens with zero attached hydrogens (tertiary/aromatic N) is 2. The van der Waals surface area contributed by atoms with Crippen LogP contribution in [0.25, 0.3) is 0 Å². The third-order valence-corrected chi connectivity index (χ3v) is 5.58. The largest absolute Gasteiger partial charge is 0.481 e. The Morgan fingerprint density at radius 3 is 2.50 bits per heavy atom. The summed E-state index contributed by atoms with van der Waals surface area (Å²) in [6.07, 6.45) is 2.45. The molecule has 2 atom stereocenters. The molecule has 142 valence electrons. The zero-order valence-electron chi connectivity index (χ0n) is 15.3. The van der Waals surface area contributed by atoms with E-state index in [4.69, 9.17) is 4.74 Å². The molecule has 1 aromatic rings. The van der Waals surface area contributed by atoms with Crippen LogP contribution in [-0.4, -0.2) is 59.2 Å². The second-order valence-electron chi connectivity index (χ2n) is 7.59. The predicted octanol–water partition coefficient (Wildman–Crippen LogP) is 2.83. The van der Waals surface area contributed by atoms with E-state index in [9.17, 15) is 14.7 Å². The second kappa shape index (κ2) is 8.54. The highest BCUT2D eigenvalue weighted by atomic mass is 16.6. The molecule has 0 radical (unpaired) electrons. The van der Waals surface area contributed by atoms with Gasteiger partial charge in [0, 0.05) is 19.1 Å². The third-order valence-electron chi connectivity index (χ3n) is 5.58. The smallest absolute Gasteiger partial charge is 0.410 e. The molecule has 2 aliphatic rings. The van der Waals surface area contributed by atoms with Gasteiger partial charge >= 0.3 is 12.1 Å². The van der Waals surface area contributed by atoms with Crippen molar-refractivity contribution in [2.45, 2.75) is 38.8 Å². The van der Waals surface area contributed by atoms with Gasteiger partial charge in [0.25, 0.3) is 0 Å². The fourth-order valence-corrected chi connectivity index (χ4v) is 3.87. The lowest BCUT2D eigenvalue weighted by molar-refractivity contribution is -0.144. The number of ether oxygens (including phenoxy) is 1. The van der Waals surface area contributed by atoms with Crippen LogP contribution in [0.4, 0.5) is 4.79 Å². The maximum atomic E-state index is 12.5.